The van der Waals surface area contributed by atoms with Crippen molar-refractivity contribution < 1.29 is 0 Å². The van der Waals surface area contributed by atoms with E-state index in [0.29, 0.717) is 21.4 Å². The van der Waals surface area contributed by atoms with Crippen LogP contribution in [0.4, 0.5) is 0 Å². The summed E-state index contributed by atoms with van der Waals surface area (Å²) in [5.74, 6) is 0.324. The molecule has 0 saturated heterocycles. The van der Waals surface area contributed by atoms with Crippen molar-refractivity contribution in [2.45, 2.75) is 45.1 Å². The number of hydrogen-bond donors (Lipinski definition) is 1. The van der Waals surface area contributed by atoms with Gasteiger partial charge in [0.2, 0.25) is 0 Å². The summed E-state index contributed by atoms with van der Waals surface area (Å²) in [6, 6.07) is 6.03. The van der Waals surface area contributed by atoms with Crippen LogP contribution in [0.1, 0.15) is 44.6 Å². The van der Waals surface area contributed by atoms with Crippen molar-refractivity contribution in [2.24, 2.45) is 11.1 Å². The van der Waals surface area contributed by atoms with Crippen molar-refractivity contribution in [3.63, 3.8) is 0 Å². The number of benzene rings is 1. The second-order valence-corrected chi connectivity index (χ2v) is 6.61. The van der Waals surface area contributed by atoms with Gasteiger partial charge in [-0.05, 0) is 36.3 Å². The molecule has 17 heavy (non-hydrogen) atoms. The molecule has 0 bridgehead atoms. The van der Waals surface area contributed by atoms with E-state index in [0.717, 1.165) is 18.4 Å². The zero-order valence-electron chi connectivity index (χ0n) is 10.3. The molecule has 0 aliphatic heterocycles. The first-order valence-electron chi connectivity index (χ1n) is 6.10. The van der Waals surface area contributed by atoms with Gasteiger partial charge in [-0.1, -0.05) is 49.2 Å². The molecule has 2 rings (SSSR count). The monoisotopic (exact) mass is 271 g/mol. The molecule has 1 aliphatic carbocycles. The van der Waals surface area contributed by atoms with Gasteiger partial charge in [-0.25, -0.2) is 0 Å². The third kappa shape index (κ3) is 2.78. The lowest BCUT2D eigenvalue weighted by Crippen LogP contribution is -2.37. The Morgan fingerprint density at radius 1 is 1.29 bits per heavy atom. The van der Waals surface area contributed by atoms with E-state index in [2.05, 4.69) is 19.9 Å². The summed E-state index contributed by atoms with van der Waals surface area (Å²) in [5.41, 5.74) is 7.70. The van der Waals surface area contributed by atoms with Crippen molar-refractivity contribution in [3.8, 4) is 0 Å². The first-order valence-corrected chi connectivity index (χ1v) is 6.86. The Bertz CT molecular complexity index is 415. The average molecular weight is 272 g/mol. The van der Waals surface area contributed by atoms with Gasteiger partial charge in [0.1, 0.15) is 0 Å². The summed E-state index contributed by atoms with van der Waals surface area (Å²) in [6.45, 7) is 4.59. The first kappa shape index (κ1) is 13.2. The van der Waals surface area contributed by atoms with Crippen LogP contribution in [0.15, 0.2) is 18.2 Å². The Kier molecular flexibility index (Phi) is 3.72. The zero-order chi connectivity index (χ0) is 12.6. The largest absolute Gasteiger partial charge is 0.327 e. The maximum absolute atomic E-state index is 6.30. The zero-order valence-corrected chi connectivity index (χ0v) is 11.9. The molecule has 0 radical (unpaired) electrons. The highest BCUT2D eigenvalue weighted by atomic mass is 35.5. The average Bonchev–Trinajstić information content (AvgIpc) is 2.26. The van der Waals surface area contributed by atoms with Gasteiger partial charge >= 0.3 is 0 Å². The highest BCUT2D eigenvalue weighted by molar-refractivity contribution is 6.42. The van der Waals surface area contributed by atoms with Gasteiger partial charge in [-0.3, -0.25) is 0 Å². The lowest BCUT2D eigenvalue weighted by atomic mass is 9.68. The predicted molar refractivity (Wildman–Crippen MR) is 74.8 cm³/mol. The molecule has 1 fully saturated rings. The second-order valence-electron chi connectivity index (χ2n) is 5.82. The van der Waals surface area contributed by atoms with Crippen molar-refractivity contribution in [2.75, 3.05) is 0 Å². The van der Waals surface area contributed by atoms with E-state index >= 15 is 0 Å². The molecule has 1 aromatic carbocycles. The van der Waals surface area contributed by atoms with Crippen LogP contribution >= 0.6 is 23.2 Å². The molecule has 1 nitrogen and oxygen atoms in total. The van der Waals surface area contributed by atoms with E-state index < -0.39 is 0 Å². The SMILES string of the molecule is CC1(C)CCC(N)C(c2cccc(Cl)c2Cl)C1. The minimum atomic E-state index is 0.194. The van der Waals surface area contributed by atoms with Crippen LogP contribution in [0.3, 0.4) is 0 Å². The molecule has 1 aliphatic rings. The molecular formula is C14H19Cl2N. The van der Waals surface area contributed by atoms with Gasteiger partial charge in [0.25, 0.3) is 0 Å². The predicted octanol–water partition coefficient (Wildman–Crippen LogP) is 4.61. The summed E-state index contributed by atoms with van der Waals surface area (Å²) in [7, 11) is 0. The minimum Gasteiger partial charge on any atom is -0.327 e. The number of halogens is 2. The standard InChI is InChI=1S/C14H19Cl2N/c1-14(2)7-6-12(17)10(8-14)9-4-3-5-11(15)13(9)16/h3-5,10,12H,6-8,17H2,1-2H3. The summed E-state index contributed by atoms with van der Waals surface area (Å²) >= 11 is 12.4. The molecule has 3 heteroatoms. The summed E-state index contributed by atoms with van der Waals surface area (Å²) in [4.78, 5) is 0. The highest BCUT2D eigenvalue weighted by Crippen LogP contribution is 2.45. The Labute approximate surface area is 113 Å². The number of nitrogens with two attached hydrogens (primary N) is 1. The Hall–Kier alpha value is -0.240. The second kappa shape index (κ2) is 4.79. The van der Waals surface area contributed by atoms with Crippen LogP contribution in [0.25, 0.3) is 0 Å². The van der Waals surface area contributed by atoms with Crippen LogP contribution in [0.5, 0.6) is 0 Å². The number of hydrogen-bond acceptors (Lipinski definition) is 1. The third-order valence-corrected chi connectivity index (χ3v) is 4.66. The fraction of sp³-hybridized carbons (Fsp3) is 0.571. The van der Waals surface area contributed by atoms with E-state index in [1.807, 2.05) is 12.1 Å². The molecule has 2 unspecified atom stereocenters. The molecule has 1 saturated carbocycles. The Morgan fingerprint density at radius 2 is 2.00 bits per heavy atom. The summed E-state index contributed by atoms with van der Waals surface area (Å²) in [5, 5.41) is 1.30. The van der Waals surface area contributed by atoms with Gasteiger partial charge in [-0.2, -0.15) is 0 Å². The van der Waals surface area contributed by atoms with Crippen molar-refractivity contribution >= 4 is 23.2 Å². The van der Waals surface area contributed by atoms with Gasteiger partial charge in [-0.15, -0.1) is 0 Å². The molecule has 0 spiro atoms. The van der Waals surface area contributed by atoms with Crippen LogP contribution in [0.2, 0.25) is 10.0 Å². The quantitative estimate of drug-likeness (QED) is 0.793. The fourth-order valence-electron chi connectivity index (χ4n) is 2.75. The molecule has 94 valence electrons. The first-order chi connectivity index (χ1) is 7.91. The van der Waals surface area contributed by atoms with Gasteiger partial charge < -0.3 is 5.73 Å². The van der Waals surface area contributed by atoms with E-state index in [1.165, 1.54) is 6.42 Å². The summed E-state index contributed by atoms with van der Waals surface area (Å²) < 4.78 is 0. The van der Waals surface area contributed by atoms with Crippen LogP contribution in [-0.4, -0.2) is 6.04 Å². The van der Waals surface area contributed by atoms with Gasteiger partial charge in [0, 0.05) is 12.0 Å². The van der Waals surface area contributed by atoms with Crippen LogP contribution < -0.4 is 5.73 Å². The molecular weight excluding hydrogens is 253 g/mol. The molecule has 1 aromatic rings. The van der Waals surface area contributed by atoms with Crippen molar-refractivity contribution in [1.29, 1.82) is 0 Å². The van der Waals surface area contributed by atoms with Crippen LogP contribution in [-0.2, 0) is 0 Å². The molecule has 2 N–H and O–H groups in total. The molecule has 0 amide bonds. The van der Waals surface area contributed by atoms with E-state index in [4.69, 9.17) is 28.9 Å². The van der Waals surface area contributed by atoms with Crippen molar-refractivity contribution in [1.82, 2.24) is 0 Å². The lowest BCUT2D eigenvalue weighted by Gasteiger charge is -2.39. The van der Waals surface area contributed by atoms with E-state index in [-0.39, 0.29) is 6.04 Å². The van der Waals surface area contributed by atoms with Gasteiger partial charge in [0.15, 0.2) is 0 Å². The fourth-order valence-corrected chi connectivity index (χ4v) is 3.20. The Balaban J connectivity index is 2.34. The molecule has 0 heterocycles. The smallest absolute Gasteiger partial charge is 0.0627 e. The highest BCUT2D eigenvalue weighted by Gasteiger charge is 2.34. The van der Waals surface area contributed by atoms with E-state index in [1.54, 1.807) is 0 Å². The third-order valence-electron chi connectivity index (χ3n) is 3.82. The van der Waals surface area contributed by atoms with Gasteiger partial charge in [0.05, 0.1) is 10.0 Å². The maximum atomic E-state index is 6.30. The maximum Gasteiger partial charge on any atom is 0.0627 e. The van der Waals surface area contributed by atoms with Crippen molar-refractivity contribution in [3.05, 3.63) is 33.8 Å². The summed E-state index contributed by atoms with van der Waals surface area (Å²) in [6.07, 6.45) is 3.32. The lowest BCUT2D eigenvalue weighted by molar-refractivity contribution is 0.198. The van der Waals surface area contributed by atoms with Crippen LogP contribution in [0, 0.1) is 5.41 Å². The molecule has 0 aromatic heterocycles. The molecule has 2 atom stereocenters. The normalized spacial score (nSPS) is 28.1. The minimum absolute atomic E-state index is 0.194. The number of rotatable bonds is 1. The topological polar surface area (TPSA) is 26.0 Å². The van der Waals surface area contributed by atoms with E-state index in [9.17, 15) is 0 Å². The Morgan fingerprint density at radius 3 is 2.71 bits per heavy atom.